The number of pyridine rings is 1. The van der Waals surface area contributed by atoms with Crippen molar-refractivity contribution in [1.82, 2.24) is 9.88 Å². The van der Waals surface area contributed by atoms with Crippen molar-refractivity contribution < 1.29 is 13.9 Å². The number of carbonyl (C=O) groups excluding carboxylic acids is 1. The lowest BCUT2D eigenvalue weighted by molar-refractivity contribution is -0.133. The molecule has 1 aliphatic heterocycles. The summed E-state index contributed by atoms with van der Waals surface area (Å²) in [5, 5.41) is 1.04. The molecule has 3 aromatic rings. The van der Waals surface area contributed by atoms with Crippen molar-refractivity contribution in [1.29, 1.82) is 0 Å². The van der Waals surface area contributed by atoms with Gasteiger partial charge in [-0.05, 0) is 48.9 Å². The normalized spacial score (nSPS) is 18.7. The second kappa shape index (κ2) is 8.15. The van der Waals surface area contributed by atoms with Gasteiger partial charge in [-0.25, -0.2) is 4.39 Å². The minimum Gasteiger partial charge on any atom is -0.371 e. The van der Waals surface area contributed by atoms with Crippen LogP contribution in [0.3, 0.4) is 0 Å². The minimum absolute atomic E-state index is 0.123. The lowest BCUT2D eigenvalue weighted by atomic mass is 9.92. The Morgan fingerprint density at radius 2 is 1.90 bits per heavy atom. The molecule has 1 amide bonds. The van der Waals surface area contributed by atoms with Crippen molar-refractivity contribution >= 4 is 16.8 Å². The zero-order valence-corrected chi connectivity index (χ0v) is 16.8. The largest absolute Gasteiger partial charge is 0.371 e. The highest BCUT2D eigenvalue weighted by molar-refractivity contribution is 5.82. The molecule has 4 nitrogen and oxygen atoms in total. The zero-order valence-electron chi connectivity index (χ0n) is 16.8. The molecule has 0 spiro atoms. The Morgan fingerprint density at radius 3 is 2.63 bits per heavy atom. The third-order valence-corrected chi connectivity index (χ3v) is 6.12. The highest BCUT2D eigenvalue weighted by Crippen LogP contribution is 2.42. The Balaban J connectivity index is 1.63. The summed E-state index contributed by atoms with van der Waals surface area (Å²) in [5.74, 6) is 0.420. The number of aromatic nitrogens is 1. The molecule has 2 atom stereocenters. The minimum atomic E-state index is -0.364. The molecule has 1 aromatic heterocycles. The first-order valence-electron chi connectivity index (χ1n) is 10.7. The summed E-state index contributed by atoms with van der Waals surface area (Å²) in [7, 11) is 0. The first kappa shape index (κ1) is 19.2. The maximum Gasteiger partial charge on any atom is 0.223 e. The third kappa shape index (κ3) is 3.82. The van der Waals surface area contributed by atoms with Gasteiger partial charge in [0.2, 0.25) is 5.91 Å². The van der Waals surface area contributed by atoms with Crippen molar-refractivity contribution in [3.05, 3.63) is 77.7 Å². The summed E-state index contributed by atoms with van der Waals surface area (Å²) in [6.45, 7) is 1.34. The maximum atomic E-state index is 13.7. The van der Waals surface area contributed by atoms with E-state index in [9.17, 15) is 9.18 Å². The molecule has 0 unspecified atom stereocenters. The summed E-state index contributed by atoms with van der Waals surface area (Å²) >= 11 is 0. The van der Waals surface area contributed by atoms with E-state index in [1.54, 1.807) is 18.3 Å². The van der Waals surface area contributed by atoms with E-state index in [4.69, 9.17) is 4.74 Å². The van der Waals surface area contributed by atoms with Gasteiger partial charge in [0.1, 0.15) is 11.9 Å². The predicted octanol–water partition coefficient (Wildman–Crippen LogP) is 5.21. The first-order valence-corrected chi connectivity index (χ1v) is 10.7. The number of ether oxygens (including phenoxy) is 1. The Morgan fingerprint density at radius 1 is 1.10 bits per heavy atom. The number of benzene rings is 2. The van der Waals surface area contributed by atoms with E-state index in [0.29, 0.717) is 25.5 Å². The fraction of sp³-hybridized carbons (Fsp3) is 0.360. The summed E-state index contributed by atoms with van der Waals surface area (Å²) in [6.07, 6.45) is 5.17. The van der Waals surface area contributed by atoms with Crippen molar-refractivity contribution in [2.45, 2.75) is 37.8 Å². The third-order valence-electron chi connectivity index (χ3n) is 6.12. The van der Waals surface area contributed by atoms with Crippen LogP contribution in [-0.2, 0) is 9.53 Å². The summed E-state index contributed by atoms with van der Waals surface area (Å²) in [5.41, 5.74) is 2.75. The van der Waals surface area contributed by atoms with Gasteiger partial charge in [0.05, 0.1) is 18.2 Å². The van der Waals surface area contributed by atoms with E-state index in [0.717, 1.165) is 28.5 Å². The van der Waals surface area contributed by atoms with Crippen LogP contribution in [0.25, 0.3) is 10.9 Å². The topological polar surface area (TPSA) is 42.4 Å². The van der Waals surface area contributed by atoms with Gasteiger partial charge in [0.25, 0.3) is 0 Å². The molecule has 5 rings (SSSR count). The molecular weight excluding hydrogens is 379 g/mol. The Hall–Kier alpha value is -2.79. The molecule has 2 heterocycles. The van der Waals surface area contributed by atoms with Gasteiger partial charge in [0.15, 0.2) is 0 Å². The van der Waals surface area contributed by atoms with E-state index in [1.165, 1.54) is 25.0 Å². The molecular formula is C25H25FN2O2. The molecule has 2 aliphatic rings. The first-order chi connectivity index (χ1) is 14.7. The van der Waals surface area contributed by atoms with Crippen LogP contribution in [0.1, 0.15) is 49.0 Å². The van der Waals surface area contributed by atoms with Crippen molar-refractivity contribution in [3.63, 3.8) is 0 Å². The number of carbonyl (C=O) groups is 1. The van der Waals surface area contributed by atoms with E-state index in [-0.39, 0.29) is 23.9 Å². The molecule has 154 valence electrons. The number of nitrogens with zero attached hydrogens (tertiary/aromatic N) is 2. The average molecular weight is 404 g/mol. The lowest BCUT2D eigenvalue weighted by Crippen LogP contribution is -2.35. The Labute approximate surface area is 175 Å². The van der Waals surface area contributed by atoms with Crippen LogP contribution >= 0.6 is 0 Å². The number of rotatable bonds is 7. The zero-order chi connectivity index (χ0) is 20.5. The number of halogens is 1. The molecule has 0 N–H and O–H groups in total. The van der Waals surface area contributed by atoms with Gasteiger partial charge in [-0.1, -0.05) is 36.4 Å². The van der Waals surface area contributed by atoms with Gasteiger partial charge in [-0.3, -0.25) is 9.78 Å². The maximum absolute atomic E-state index is 13.7. The van der Waals surface area contributed by atoms with Gasteiger partial charge in [-0.15, -0.1) is 0 Å². The van der Waals surface area contributed by atoms with Crippen LogP contribution in [0.5, 0.6) is 0 Å². The Bertz CT molecular complexity index is 1040. The second-order valence-corrected chi connectivity index (χ2v) is 8.31. The van der Waals surface area contributed by atoms with Crippen LogP contribution in [0.15, 0.2) is 60.8 Å². The molecule has 1 saturated heterocycles. The summed E-state index contributed by atoms with van der Waals surface area (Å²) < 4.78 is 20.2. The van der Waals surface area contributed by atoms with Gasteiger partial charge in [0, 0.05) is 30.1 Å². The number of para-hydroxylation sites is 1. The molecule has 5 heteroatoms. The van der Waals surface area contributed by atoms with Gasteiger partial charge in [-0.2, -0.15) is 0 Å². The number of amides is 1. The van der Waals surface area contributed by atoms with Gasteiger partial charge >= 0.3 is 0 Å². The average Bonchev–Trinajstić information content (AvgIpc) is 3.51. The smallest absolute Gasteiger partial charge is 0.223 e. The van der Waals surface area contributed by atoms with Crippen LogP contribution in [-0.4, -0.2) is 28.9 Å². The molecule has 2 fully saturated rings. The van der Waals surface area contributed by atoms with Crippen LogP contribution < -0.4 is 0 Å². The molecule has 30 heavy (non-hydrogen) atoms. The number of hydrogen-bond donors (Lipinski definition) is 0. The van der Waals surface area contributed by atoms with E-state index >= 15 is 0 Å². The van der Waals surface area contributed by atoms with Crippen LogP contribution in [0, 0.1) is 11.7 Å². The number of hydrogen-bond acceptors (Lipinski definition) is 3. The predicted molar refractivity (Wildman–Crippen MR) is 113 cm³/mol. The van der Waals surface area contributed by atoms with Crippen molar-refractivity contribution in [2.75, 3.05) is 13.2 Å². The monoisotopic (exact) mass is 404 g/mol. The van der Waals surface area contributed by atoms with E-state index < -0.39 is 0 Å². The van der Waals surface area contributed by atoms with E-state index in [1.807, 2.05) is 35.2 Å². The van der Waals surface area contributed by atoms with Crippen molar-refractivity contribution in [3.8, 4) is 0 Å². The van der Waals surface area contributed by atoms with Crippen molar-refractivity contribution in [2.24, 2.45) is 5.92 Å². The SMILES string of the molecule is O=C1CCCN1[C@H](c1ccc(F)cc1)[C@H](OCC1CC1)c1cccc2cccnc12. The Kier molecular flexibility index (Phi) is 5.21. The lowest BCUT2D eigenvalue weighted by Gasteiger charge is -2.35. The molecule has 0 radical (unpaired) electrons. The standard InChI is InChI=1S/C25H25FN2O2/c26-20-12-10-19(11-13-20)24(28-15-3-7-22(28)29)25(30-16-17-8-9-17)21-6-1-4-18-5-2-14-27-23(18)21/h1-2,4-6,10-14,17,24-25H,3,7-9,15-16H2/t24-,25-/m1/s1. The number of likely N-dealkylation sites (tertiary alicyclic amines) is 1. The number of fused-ring (bicyclic) bond motifs is 1. The fourth-order valence-corrected chi connectivity index (χ4v) is 4.37. The molecule has 0 bridgehead atoms. The quantitative estimate of drug-likeness (QED) is 0.543. The second-order valence-electron chi connectivity index (χ2n) is 8.31. The van der Waals surface area contributed by atoms with Crippen LogP contribution in [0.4, 0.5) is 4.39 Å². The molecule has 1 aliphatic carbocycles. The summed E-state index contributed by atoms with van der Waals surface area (Å²) in [4.78, 5) is 19.3. The highest BCUT2D eigenvalue weighted by Gasteiger charge is 2.38. The van der Waals surface area contributed by atoms with Gasteiger partial charge < -0.3 is 9.64 Å². The summed E-state index contributed by atoms with van der Waals surface area (Å²) in [6, 6.07) is 16.2. The van der Waals surface area contributed by atoms with Crippen LogP contribution in [0.2, 0.25) is 0 Å². The fourth-order valence-electron chi connectivity index (χ4n) is 4.37. The highest BCUT2D eigenvalue weighted by atomic mass is 19.1. The molecule has 2 aromatic carbocycles. The molecule has 1 saturated carbocycles. The van der Waals surface area contributed by atoms with E-state index in [2.05, 4.69) is 4.98 Å².